The zero-order valence-electron chi connectivity index (χ0n) is 51.4. The molecule has 1 aliphatic rings. The van der Waals surface area contributed by atoms with Crippen molar-refractivity contribution in [3.63, 3.8) is 0 Å². The van der Waals surface area contributed by atoms with Gasteiger partial charge in [0.15, 0.2) is 24.6 Å². The maximum absolute atomic E-state index is 13.2. The molecule has 0 aliphatic carbocycles. The van der Waals surface area contributed by atoms with Gasteiger partial charge in [0, 0.05) is 19.3 Å². The van der Waals surface area contributed by atoms with Crippen LogP contribution in [0.1, 0.15) is 342 Å². The average Bonchev–Trinajstić information content (AvgIpc) is 3.47. The SMILES string of the molecule is CCCCCCCC/C=C\CCCCCCCCCC(=O)OCC(COC1OC(C(=O)O)C(O)C(O)C1OC(=O)CCCCCCCCCCCCCCCCCCCCC)OC(=O)CCCCCCCCCCCCCCC. The normalized spacial score (nSPS) is 17.8. The predicted molar refractivity (Wildman–Crippen MR) is 322 cm³/mol. The molecule has 79 heavy (non-hydrogen) atoms. The Bertz CT molecular complexity index is 1420. The molecular weight excluding hydrogens is 997 g/mol. The third-order valence-electron chi connectivity index (χ3n) is 15.8. The second kappa shape index (κ2) is 56.0. The van der Waals surface area contributed by atoms with Crippen molar-refractivity contribution in [1.82, 2.24) is 0 Å². The predicted octanol–water partition coefficient (Wildman–Crippen LogP) is 18.0. The summed E-state index contributed by atoms with van der Waals surface area (Å²) in [4.78, 5) is 51.3. The highest BCUT2D eigenvalue weighted by Gasteiger charge is 2.50. The highest BCUT2D eigenvalue weighted by Crippen LogP contribution is 2.27. The zero-order chi connectivity index (χ0) is 57.5. The van der Waals surface area contributed by atoms with Gasteiger partial charge >= 0.3 is 23.9 Å². The van der Waals surface area contributed by atoms with Gasteiger partial charge in [-0.2, -0.15) is 0 Å². The lowest BCUT2D eigenvalue weighted by Crippen LogP contribution is -2.61. The highest BCUT2D eigenvalue weighted by molar-refractivity contribution is 5.74. The first-order valence-corrected chi connectivity index (χ1v) is 33.7. The topological polar surface area (TPSA) is 175 Å². The molecule has 6 unspecified atom stereocenters. The van der Waals surface area contributed by atoms with E-state index in [1.165, 1.54) is 218 Å². The summed E-state index contributed by atoms with van der Waals surface area (Å²) >= 11 is 0. The first-order chi connectivity index (χ1) is 38.6. The Balaban J connectivity index is 2.60. The van der Waals surface area contributed by atoms with E-state index in [0.717, 1.165) is 64.2 Å². The molecule has 0 aromatic carbocycles. The molecule has 0 amide bonds. The van der Waals surface area contributed by atoms with Gasteiger partial charge in [-0.1, -0.05) is 290 Å². The van der Waals surface area contributed by atoms with Gasteiger partial charge in [0.2, 0.25) is 0 Å². The van der Waals surface area contributed by atoms with Crippen molar-refractivity contribution in [1.29, 1.82) is 0 Å². The maximum Gasteiger partial charge on any atom is 0.335 e. The number of hydrogen-bond acceptors (Lipinski definition) is 11. The summed E-state index contributed by atoms with van der Waals surface area (Å²) in [5, 5.41) is 31.6. The monoisotopic (exact) mass is 1120 g/mol. The number of carboxylic acid groups (broad SMARTS) is 1. The van der Waals surface area contributed by atoms with E-state index in [1.807, 2.05) is 0 Å². The highest BCUT2D eigenvalue weighted by atomic mass is 16.7. The third kappa shape index (κ3) is 45.6. The number of ether oxygens (including phenoxy) is 5. The van der Waals surface area contributed by atoms with Crippen LogP contribution < -0.4 is 0 Å². The standard InChI is InChI=1S/C67H124O12/c1-4-7-10-13-16-19-22-25-27-29-30-32-34-37-40-43-46-49-52-55-61(70)78-65-63(72)62(71)64(66(73)74)79-67(65)76-57-58(77-60(69)54-51-48-45-42-39-35-24-21-18-15-12-9-6-3)56-75-59(68)53-50-47-44-41-38-36-33-31-28-26-23-20-17-14-11-8-5-2/h26,28,58,62-65,67,71-72H,4-25,27,29-57H2,1-3H3,(H,73,74)/b28-26-. The molecule has 0 spiro atoms. The summed E-state index contributed by atoms with van der Waals surface area (Å²) < 4.78 is 28.6. The molecule has 12 heteroatoms. The van der Waals surface area contributed by atoms with E-state index >= 15 is 0 Å². The van der Waals surface area contributed by atoms with Crippen LogP contribution in [-0.4, -0.2) is 89.2 Å². The van der Waals surface area contributed by atoms with Crippen molar-refractivity contribution >= 4 is 23.9 Å². The number of rotatable bonds is 59. The second-order valence-electron chi connectivity index (χ2n) is 23.5. The molecule has 1 saturated heterocycles. The Kier molecular flexibility index (Phi) is 52.8. The molecule has 0 radical (unpaired) electrons. The lowest BCUT2D eigenvalue weighted by molar-refractivity contribution is -0.301. The van der Waals surface area contributed by atoms with Crippen LogP contribution in [0.4, 0.5) is 0 Å². The average molecular weight is 1120 g/mol. The molecular formula is C67H124O12. The number of unbranched alkanes of at least 4 members (excludes halogenated alkanes) is 43. The van der Waals surface area contributed by atoms with Gasteiger partial charge < -0.3 is 39.0 Å². The number of aliphatic hydroxyl groups is 2. The van der Waals surface area contributed by atoms with Gasteiger partial charge in [-0.15, -0.1) is 0 Å². The smallest absolute Gasteiger partial charge is 0.335 e. The fourth-order valence-corrected chi connectivity index (χ4v) is 10.7. The fraction of sp³-hybridized carbons (Fsp3) is 0.910. The van der Waals surface area contributed by atoms with Crippen molar-refractivity contribution in [3.05, 3.63) is 12.2 Å². The molecule has 0 aromatic rings. The van der Waals surface area contributed by atoms with Crippen LogP contribution in [0, 0.1) is 0 Å². The summed E-state index contributed by atoms with van der Waals surface area (Å²) in [6, 6.07) is 0. The number of allylic oxidation sites excluding steroid dienone is 2. The van der Waals surface area contributed by atoms with E-state index in [4.69, 9.17) is 23.7 Å². The van der Waals surface area contributed by atoms with E-state index in [0.29, 0.717) is 19.3 Å². The Morgan fingerprint density at radius 2 is 0.722 bits per heavy atom. The number of aliphatic hydroxyl groups excluding tert-OH is 2. The number of carbonyl (C=O) groups is 4. The first-order valence-electron chi connectivity index (χ1n) is 33.7. The van der Waals surface area contributed by atoms with Crippen LogP contribution in [0.3, 0.4) is 0 Å². The molecule has 464 valence electrons. The molecule has 0 bridgehead atoms. The quantitative estimate of drug-likeness (QED) is 0.0228. The zero-order valence-corrected chi connectivity index (χ0v) is 51.4. The van der Waals surface area contributed by atoms with Crippen molar-refractivity contribution in [2.24, 2.45) is 0 Å². The minimum absolute atomic E-state index is 0.0693. The number of carboxylic acids is 1. The maximum atomic E-state index is 13.2. The summed E-state index contributed by atoms with van der Waals surface area (Å²) in [6.45, 7) is 6.05. The third-order valence-corrected chi connectivity index (χ3v) is 15.8. The van der Waals surface area contributed by atoms with E-state index in [-0.39, 0.29) is 25.9 Å². The summed E-state index contributed by atoms with van der Waals surface area (Å²) in [5.41, 5.74) is 0. The molecule has 0 aromatic heterocycles. The van der Waals surface area contributed by atoms with Crippen molar-refractivity contribution in [2.45, 2.75) is 379 Å². The molecule has 1 heterocycles. The molecule has 1 rings (SSSR count). The number of carbonyl (C=O) groups excluding carboxylic acids is 3. The number of hydrogen-bond donors (Lipinski definition) is 3. The van der Waals surface area contributed by atoms with Gasteiger partial charge in [0.05, 0.1) is 6.61 Å². The van der Waals surface area contributed by atoms with Crippen LogP contribution in [-0.2, 0) is 42.9 Å². The molecule has 1 aliphatic heterocycles. The molecule has 1 fully saturated rings. The fourth-order valence-electron chi connectivity index (χ4n) is 10.7. The first kappa shape index (κ1) is 74.5. The van der Waals surface area contributed by atoms with Gasteiger partial charge in [-0.25, -0.2) is 4.79 Å². The van der Waals surface area contributed by atoms with Crippen LogP contribution in [0.5, 0.6) is 0 Å². The summed E-state index contributed by atoms with van der Waals surface area (Å²) in [5.74, 6) is -3.07. The minimum atomic E-state index is -1.90. The lowest BCUT2D eigenvalue weighted by Gasteiger charge is -2.40. The minimum Gasteiger partial charge on any atom is -0.479 e. The number of esters is 3. The van der Waals surface area contributed by atoms with Crippen molar-refractivity contribution in [2.75, 3.05) is 13.2 Å². The van der Waals surface area contributed by atoms with E-state index in [9.17, 15) is 34.5 Å². The van der Waals surface area contributed by atoms with Gasteiger partial charge in [0.25, 0.3) is 0 Å². The Morgan fingerprint density at radius 1 is 0.405 bits per heavy atom. The van der Waals surface area contributed by atoms with Crippen molar-refractivity contribution < 1.29 is 58.2 Å². The molecule has 3 N–H and O–H groups in total. The Hall–Kier alpha value is -2.54. The summed E-state index contributed by atoms with van der Waals surface area (Å²) in [6.07, 6.45) is 51.7. The van der Waals surface area contributed by atoms with Crippen LogP contribution in [0.2, 0.25) is 0 Å². The Labute approximate surface area is 484 Å². The molecule has 12 nitrogen and oxygen atoms in total. The largest absolute Gasteiger partial charge is 0.479 e. The van der Waals surface area contributed by atoms with E-state index in [2.05, 4.69) is 32.9 Å². The number of aliphatic carboxylic acids is 1. The van der Waals surface area contributed by atoms with E-state index < -0.39 is 67.3 Å². The van der Waals surface area contributed by atoms with Crippen LogP contribution in [0.15, 0.2) is 12.2 Å². The second-order valence-corrected chi connectivity index (χ2v) is 23.5. The van der Waals surface area contributed by atoms with Gasteiger partial charge in [-0.05, 0) is 44.9 Å². The molecule has 0 saturated carbocycles. The van der Waals surface area contributed by atoms with Crippen LogP contribution >= 0.6 is 0 Å². The van der Waals surface area contributed by atoms with E-state index in [1.54, 1.807) is 0 Å². The summed E-state index contributed by atoms with van der Waals surface area (Å²) in [7, 11) is 0. The lowest BCUT2D eigenvalue weighted by atomic mass is 9.98. The van der Waals surface area contributed by atoms with Crippen LogP contribution in [0.25, 0.3) is 0 Å². The Morgan fingerprint density at radius 3 is 1.08 bits per heavy atom. The molecule has 6 atom stereocenters. The van der Waals surface area contributed by atoms with Crippen molar-refractivity contribution in [3.8, 4) is 0 Å². The van der Waals surface area contributed by atoms with Gasteiger partial charge in [-0.3, -0.25) is 14.4 Å². The van der Waals surface area contributed by atoms with Gasteiger partial charge in [0.1, 0.15) is 18.8 Å².